The van der Waals surface area contributed by atoms with Crippen LogP contribution in [0.3, 0.4) is 0 Å². The number of H-pyrrole nitrogens is 1. The van der Waals surface area contributed by atoms with Gasteiger partial charge < -0.3 is 14.2 Å². The number of aryl methyl sites for hydroxylation is 1. The fourth-order valence-corrected chi connectivity index (χ4v) is 1.86. The maximum absolute atomic E-state index is 11.1. The lowest BCUT2D eigenvalue weighted by molar-refractivity contribution is 0.555. The second kappa shape index (κ2) is 3.76. The number of aromatic nitrogens is 2. The smallest absolute Gasteiger partial charge is 0.417 e. The Hall–Kier alpha value is -2.50. The van der Waals surface area contributed by atoms with Crippen molar-refractivity contribution in [3.05, 3.63) is 34.4 Å². The molecule has 2 N–H and O–H groups in total. The second-order valence-electron chi connectivity index (χ2n) is 3.91. The summed E-state index contributed by atoms with van der Waals surface area (Å²) >= 11 is 0. The Balaban J connectivity index is 2.18. The summed E-state index contributed by atoms with van der Waals surface area (Å²) in [4.78, 5) is 17.9. The van der Waals surface area contributed by atoms with Gasteiger partial charge in [-0.25, -0.2) is 4.79 Å². The van der Waals surface area contributed by atoms with Crippen LogP contribution in [-0.2, 0) is 0 Å². The maximum atomic E-state index is 11.1. The summed E-state index contributed by atoms with van der Waals surface area (Å²) in [6, 6.07) is 5.83. The lowest BCUT2D eigenvalue weighted by Crippen LogP contribution is -1.92. The molecule has 0 amide bonds. The van der Waals surface area contributed by atoms with Crippen LogP contribution in [0.25, 0.3) is 22.4 Å². The molecule has 0 spiro atoms. The summed E-state index contributed by atoms with van der Waals surface area (Å²) in [5.74, 6) is 0.192. The highest BCUT2D eigenvalue weighted by atomic mass is 16.4. The number of fused-ring (bicyclic) bond motifs is 1. The average molecular weight is 245 g/mol. The van der Waals surface area contributed by atoms with Crippen LogP contribution in [0.1, 0.15) is 5.69 Å². The second-order valence-corrected chi connectivity index (χ2v) is 3.91. The monoisotopic (exact) mass is 245 g/mol. The van der Waals surface area contributed by atoms with Crippen molar-refractivity contribution in [2.45, 2.75) is 6.92 Å². The van der Waals surface area contributed by atoms with Crippen LogP contribution < -0.4 is 11.1 Å². The Kier molecular flexibility index (Phi) is 2.22. The predicted octanol–water partition coefficient (Wildman–Crippen LogP) is 2.13. The van der Waals surface area contributed by atoms with E-state index in [0.29, 0.717) is 22.9 Å². The number of hydrogen-bond donors (Lipinski definition) is 2. The zero-order chi connectivity index (χ0) is 12.7. The highest BCUT2D eigenvalue weighted by molar-refractivity contribution is 5.79. The van der Waals surface area contributed by atoms with E-state index in [-0.39, 0.29) is 0 Å². The molecule has 0 radical (unpaired) electrons. The van der Waals surface area contributed by atoms with E-state index in [1.807, 2.05) is 13.0 Å². The number of hydrogen-bond acceptors (Lipinski definition) is 5. The van der Waals surface area contributed by atoms with E-state index in [0.717, 1.165) is 11.3 Å². The molecule has 18 heavy (non-hydrogen) atoms. The largest absolute Gasteiger partial charge is 0.423 e. The van der Waals surface area contributed by atoms with Gasteiger partial charge in [-0.15, -0.1) is 0 Å². The highest BCUT2D eigenvalue weighted by Crippen LogP contribution is 2.28. The highest BCUT2D eigenvalue weighted by Gasteiger charge is 2.12. The first kappa shape index (κ1) is 10.6. The number of nitrogens with one attached hydrogen (secondary N) is 2. The van der Waals surface area contributed by atoms with Crippen molar-refractivity contribution in [3.8, 4) is 11.3 Å². The van der Waals surface area contributed by atoms with Gasteiger partial charge in [-0.2, -0.15) is 4.98 Å². The van der Waals surface area contributed by atoms with Crippen molar-refractivity contribution in [1.82, 2.24) is 9.97 Å². The lowest BCUT2D eigenvalue weighted by atomic mass is 10.1. The minimum atomic E-state index is -0.465. The van der Waals surface area contributed by atoms with E-state index in [9.17, 15) is 4.79 Å². The van der Waals surface area contributed by atoms with Crippen molar-refractivity contribution in [1.29, 1.82) is 0 Å². The topological polar surface area (TPSA) is 84.1 Å². The molecule has 6 heteroatoms. The fourth-order valence-electron chi connectivity index (χ4n) is 1.86. The van der Waals surface area contributed by atoms with Crippen LogP contribution in [0.2, 0.25) is 0 Å². The summed E-state index contributed by atoms with van der Waals surface area (Å²) in [5.41, 5.74) is 2.75. The molecule has 92 valence electrons. The van der Waals surface area contributed by atoms with Crippen molar-refractivity contribution < 1.29 is 8.83 Å². The molecule has 0 aliphatic carbocycles. The molecule has 0 saturated heterocycles. The van der Waals surface area contributed by atoms with E-state index < -0.39 is 5.76 Å². The van der Waals surface area contributed by atoms with Gasteiger partial charge in [0.25, 0.3) is 6.01 Å². The molecule has 0 aliphatic rings. The van der Waals surface area contributed by atoms with Crippen LogP contribution in [0.5, 0.6) is 0 Å². The molecule has 0 atom stereocenters. The third kappa shape index (κ3) is 1.58. The quantitative estimate of drug-likeness (QED) is 0.722. The van der Waals surface area contributed by atoms with Crippen molar-refractivity contribution in [2.24, 2.45) is 0 Å². The molecule has 0 saturated carbocycles. The predicted molar refractivity (Wildman–Crippen MR) is 66.6 cm³/mol. The SMILES string of the molecule is CNc1nc(C)c(-c2ccc3[nH]c(=O)oc3c2)o1. The summed E-state index contributed by atoms with van der Waals surface area (Å²) in [5, 5.41) is 2.84. The van der Waals surface area contributed by atoms with Crippen LogP contribution in [0, 0.1) is 6.92 Å². The van der Waals surface area contributed by atoms with E-state index in [1.54, 1.807) is 19.2 Å². The zero-order valence-electron chi connectivity index (χ0n) is 9.90. The standard InChI is InChI=1S/C12H11N3O3/c1-6-10(18-11(13-2)14-6)7-3-4-8-9(5-7)17-12(16)15-8/h3-5H,1-2H3,(H,13,14)(H,15,16). The Morgan fingerprint density at radius 2 is 2.17 bits per heavy atom. The fraction of sp³-hybridized carbons (Fsp3) is 0.167. The summed E-state index contributed by atoms with van der Waals surface area (Å²) < 4.78 is 10.6. The molecule has 0 bridgehead atoms. The summed E-state index contributed by atoms with van der Waals surface area (Å²) in [7, 11) is 1.74. The van der Waals surface area contributed by atoms with Gasteiger partial charge >= 0.3 is 5.76 Å². The molecule has 0 unspecified atom stereocenters. The molecule has 3 rings (SSSR count). The van der Waals surface area contributed by atoms with Gasteiger partial charge in [-0.05, 0) is 25.1 Å². The zero-order valence-corrected chi connectivity index (χ0v) is 9.90. The number of oxazole rings is 2. The van der Waals surface area contributed by atoms with Crippen molar-refractivity contribution in [3.63, 3.8) is 0 Å². The van der Waals surface area contributed by atoms with E-state index in [4.69, 9.17) is 8.83 Å². The number of aromatic amines is 1. The minimum Gasteiger partial charge on any atom is -0.423 e. The first-order valence-electron chi connectivity index (χ1n) is 5.46. The van der Waals surface area contributed by atoms with Gasteiger partial charge in [-0.1, -0.05) is 0 Å². The van der Waals surface area contributed by atoms with Gasteiger partial charge in [0.05, 0.1) is 11.2 Å². The molecular weight excluding hydrogens is 234 g/mol. The normalized spacial score (nSPS) is 11.0. The summed E-state index contributed by atoms with van der Waals surface area (Å²) in [6.45, 7) is 1.86. The number of anilines is 1. The molecule has 2 heterocycles. The molecule has 1 aromatic carbocycles. The van der Waals surface area contributed by atoms with Crippen molar-refractivity contribution in [2.75, 3.05) is 12.4 Å². The van der Waals surface area contributed by atoms with Gasteiger partial charge in [0.15, 0.2) is 11.3 Å². The van der Waals surface area contributed by atoms with Gasteiger partial charge in [-0.3, -0.25) is 4.98 Å². The Labute approximate surface area is 102 Å². The maximum Gasteiger partial charge on any atom is 0.417 e. The molecule has 3 aromatic rings. The van der Waals surface area contributed by atoms with Crippen LogP contribution in [0.15, 0.2) is 31.8 Å². The van der Waals surface area contributed by atoms with Crippen LogP contribution in [-0.4, -0.2) is 17.0 Å². The van der Waals surface area contributed by atoms with Gasteiger partial charge in [0, 0.05) is 12.6 Å². The number of nitrogens with zero attached hydrogens (tertiary/aromatic N) is 1. The molecule has 6 nitrogen and oxygen atoms in total. The van der Waals surface area contributed by atoms with E-state index in [2.05, 4.69) is 15.3 Å². The first-order chi connectivity index (χ1) is 8.67. The number of benzene rings is 1. The summed E-state index contributed by atoms with van der Waals surface area (Å²) in [6.07, 6.45) is 0. The Morgan fingerprint density at radius 3 is 2.89 bits per heavy atom. The van der Waals surface area contributed by atoms with E-state index >= 15 is 0 Å². The van der Waals surface area contributed by atoms with Crippen molar-refractivity contribution >= 4 is 17.1 Å². The number of rotatable bonds is 2. The molecule has 2 aromatic heterocycles. The molecule has 0 fully saturated rings. The minimum absolute atomic E-state index is 0.457. The first-order valence-corrected chi connectivity index (χ1v) is 5.46. The molecule has 0 aliphatic heterocycles. The van der Waals surface area contributed by atoms with E-state index in [1.165, 1.54) is 0 Å². The van der Waals surface area contributed by atoms with Gasteiger partial charge in [0.2, 0.25) is 0 Å². The Bertz CT molecular complexity index is 766. The third-order valence-electron chi connectivity index (χ3n) is 2.69. The van der Waals surface area contributed by atoms with Crippen LogP contribution >= 0.6 is 0 Å². The average Bonchev–Trinajstić information content (AvgIpc) is 2.89. The Morgan fingerprint density at radius 1 is 1.33 bits per heavy atom. The lowest BCUT2D eigenvalue weighted by Gasteiger charge is -1.97. The van der Waals surface area contributed by atoms with Gasteiger partial charge in [0.1, 0.15) is 0 Å². The van der Waals surface area contributed by atoms with Crippen LogP contribution in [0.4, 0.5) is 6.01 Å². The third-order valence-corrected chi connectivity index (χ3v) is 2.69. The molecular formula is C12H11N3O3.